The molecule has 31 heavy (non-hydrogen) atoms. The van der Waals surface area contributed by atoms with Crippen LogP contribution < -0.4 is 5.32 Å². The van der Waals surface area contributed by atoms with Crippen molar-refractivity contribution in [2.75, 3.05) is 18.4 Å². The molecule has 0 atom stereocenters. The summed E-state index contributed by atoms with van der Waals surface area (Å²) in [5.74, 6) is 0.844. The van der Waals surface area contributed by atoms with E-state index in [0.29, 0.717) is 44.9 Å². The van der Waals surface area contributed by atoms with Crippen LogP contribution in [0.3, 0.4) is 0 Å². The number of nitrogens with zero attached hydrogens (tertiary/aromatic N) is 2. The van der Waals surface area contributed by atoms with Crippen LogP contribution in [-0.4, -0.2) is 34.8 Å². The number of benzene rings is 2. The third-order valence-electron chi connectivity index (χ3n) is 5.12. The molecule has 1 N–H and O–H groups in total. The Morgan fingerprint density at radius 1 is 1.06 bits per heavy atom. The average molecular weight is 458 g/mol. The molecule has 8 heteroatoms. The number of likely N-dealkylation sites (tertiary alicyclic amines) is 1. The van der Waals surface area contributed by atoms with Gasteiger partial charge >= 0.3 is 0 Å². The Hall–Kier alpha value is -2.83. The number of rotatable bonds is 6. The molecule has 1 fully saturated rings. The van der Waals surface area contributed by atoms with E-state index in [4.69, 9.17) is 27.6 Å². The summed E-state index contributed by atoms with van der Waals surface area (Å²) < 4.78 is 5.72. The van der Waals surface area contributed by atoms with Gasteiger partial charge in [-0.15, -0.1) is 0 Å². The van der Waals surface area contributed by atoms with E-state index in [-0.39, 0.29) is 18.2 Å². The highest BCUT2D eigenvalue weighted by molar-refractivity contribution is 6.36. The Bertz CT molecular complexity index is 1090. The quantitative estimate of drug-likeness (QED) is 0.533. The van der Waals surface area contributed by atoms with E-state index in [1.54, 1.807) is 48.7 Å². The van der Waals surface area contributed by atoms with Crippen molar-refractivity contribution < 1.29 is 14.0 Å². The normalized spacial score (nSPS) is 13.4. The monoisotopic (exact) mass is 457 g/mol. The van der Waals surface area contributed by atoms with Crippen molar-refractivity contribution in [2.45, 2.75) is 25.7 Å². The lowest BCUT2D eigenvalue weighted by atomic mass is 10.1. The number of anilines is 1. The van der Waals surface area contributed by atoms with E-state index >= 15 is 0 Å². The van der Waals surface area contributed by atoms with Gasteiger partial charge in [-0.1, -0.05) is 23.2 Å². The van der Waals surface area contributed by atoms with Crippen molar-refractivity contribution in [3.63, 3.8) is 0 Å². The molecule has 0 unspecified atom stereocenters. The molecule has 0 aliphatic carbocycles. The molecule has 2 amide bonds. The highest BCUT2D eigenvalue weighted by Gasteiger charge is 2.19. The minimum atomic E-state index is -0.164. The van der Waals surface area contributed by atoms with Crippen LogP contribution in [0, 0.1) is 0 Å². The summed E-state index contributed by atoms with van der Waals surface area (Å²) in [5.41, 5.74) is 1.97. The molecule has 6 nitrogen and oxygen atoms in total. The smallest absolute Gasteiger partial charge is 0.253 e. The Balaban J connectivity index is 1.30. The maximum absolute atomic E-state index is 12.4. The molecule has 0 saturated carbocycles. The number of carbonyl (C=O) groups is 2. The number of aryl methyl sites for hydroxylation is 1. The van der Waals surface area contributed by atoms with Gasteiger partial charge in [0.05, 0.1) is 11.2 Å². The Morgan fingerprint density at radius 2 is 1.81 bits per heavy atom. The Kier molecular flexibility index (Phi) is 6.59. The molecule has 1 aromatic heterocycles. The van der Waals surface area contributed by atoms with Crippen LogP contribution in [0.5, 0.6) is 0 Å². The van der Waals surface area contributed by atoms with E-state index in [1.807, 2.05) is 4.90 Å². The topological polar surface area (TPSA) is 75.4 Å². The first-order valence-electron chi connectivity index (χ1n) is 10.1. The summed E-state index contributed by atoms with van der Waals surface area (Å²) >= 11 is 12.1. The first-order chi connectivity index (χ1) is 15.0. The maximum atomic E-state index is 12.4. The number of amides is 2. The molecule has 0 spiro atoms. The lowest BCUT2D eigenvalue weighted by molar-refractivity contribution is -0.116. The molecule has 2 aromatic carbocycles. The molecule has 0 bridgehead atoms. The van der Waals surface area contributed by atoms with Crippen molar-refractivity contribution in [2.24, 2.45) is 0 Å². The van der Waals surface area contributed by atoms with E-state index in [2.05, 4.69) is 10.3 Å². The third-order valence-corrected chi connectivity index (χ3v) is 5.67. The van der Waals surface area contributed by atoms with Crippen molar-refractivity contribution in [1.29, 1.82) is 0 Å². The number of halogens is 2. The van der Waals surface area contributed by atoms with Crippen LogP contribution in [0.25, 0.3) is 11.3 Å². The molecular weight excluding hydrogens is 437 g/mol. The SMILES string of the molecule is O=C(CCc1ncc(-c2ccc(Cl)cc2Cl)o1)Nc1ccc(C(=O)N2CCCC2)cc1. The summed E-state index contributed by atoms with van der Waals surface area (Å²) in [6.45, 7) is 1.62. The fourth-order valence-electron chi connectivity index (χ4n) is 3.48. The predicted molar refractivity (Wildman–Crippen MR) is 120 cm³/mol. The largest absolute Gasteiger partial charge is 0.441 e. The van der Waals surface area contributed by atoms with Gasteiger partial charge in [-0.3, -0.25) is 9.59 Å². The first kappa shape index (κ1) is 21.4. The lowest BCUT2D eigenvalue weighted by Crippen LogP contribution is -2.27. The average Bonchev–Trinajstić information content (AvgIpc) is 3.45. The number of nitrogens with one attached hydrogen (secondary N) is 1. The van der Waals surface area contributed by atoms with Crippen molar-refractivity contribution in [3.8, 4) is 11.3 Å². The zero-order valence-corrected chi connectivity index (χ0v) is 18.2. The number of hydrogen-bond acceptors (Lipinski definition) is 4. The summed E-state index contributed by atoms with van der Waals surface area (Å²) in [7, 11) is 0. The second-order valence-electron chi connectivity index (χ2n) is 7.37. The van der Waals surface area contributed by atoms with Gasteiger partial charge in [-0.05, 0) is 55.3 Å². The van der Waals surface area contributed by atoms with Crippen molar-refractivity contribution in [1.82, 2.24) is 9.88 Å². The van der Waals surface area contributed by atoms with E-state index in [0.717, 1.165) is 25.9 Å². The third kappa shape index (κ3) is 5.27. The molecular formula is C23H21Cl2N3O3. The summed E-state index contributed by atoms with van der Waals surface area (Å²) in [6, 6.07) is 12.1. The van der Waals surface area contributed by atoms with Crippen LogP contribution in [0.1, 0.15) is 35.5 Å². The molecule has 0 radical (unpaired) electrons. The fraction of sp³-hybridized carbons (Fsp3) is 0.261. The Labute approximate surface area is 190 Å². The van der Waals surface area contributed by atoms with Crippen molar-refractivity contribution >= 4 is 40.7 Å². The number of carbonyl (C=O) groups excluding carboxylic acids is 2. The van der Waals surface area contributed by atoms with E-state index < -0.39 is 0 Å². The van der Waals surface area contributed by atoms with Gasteiger partial charge in [0, 0.05) is 47.8 Å². The van der Waals surface area contributed by atoms with Crippen LogP contribution >= 0.6 is 23.2 Å². The highest BCUT2D eigenvalue weighted by atomic mass is 35.5. The number of hydrogen-bond donors (Lipinski definition) is 1. The van der Waals surface area contributed by atoms with Crippen LogP contribution in [0.4, 0.5) is 5.69 Å². The van der Waals surface area contributed by atoms with E-state index in [1.165, 1.54) is 0 Å². The van der Waals surface area contributed by atoms with Gasteiger partial charge < -0.3 is 14.6 Å². The number of aromatic nitrogens is 1. The molecule has 160 valence electrons. The predicted octanol–water partition coefficient (Wildman–Crippen LogP) is 5.46. The van der Waals surface area contributed by atoms with Gasteiger partial charge in [-0.2, -0.15) is 0 Å². The minimum absolute atomic E-state index is 0.0378. The molecule has 1 aliphatic heterocycles. The minimum Gasteiger partial charge on any atom is -0.441 e. The summed E-state index contributed by atoms with van der Waals surface area (Å²) in [6.07, 6.45) is 4.25. The van der Waals surface area contributed by atoms with Crippen LogP contribution in [-0.2, 0) is 11.2 Å². The molecule has 2 heterocycles. The van der Waals surface area contributed by atoms with Gasteiger partial charge in [0.1, 0.15) is 0 Å². The molecule has 3 aromatic rings. The highest BCUT2D eigenvalue weighted by Crippen LogP contribution is 2.30. The number of oxazole rings is 1. The zero-order valence-electron chi connectivity index (χ0n) is 16.7. The van der Waals surface area contributed by atoms with Gasteiger partial charge in [-0.25, -0.2) is 4.98 Å². The molecule has 1 aliphatic rings. The summed E-state index contributed by atoms with van der Waals surface area (Å²) in [5, 5.41) is 3.84. The van der Waals surface area contributed by atoms with Crippen LogP contribution in [0.15, 0.2) is 53.1 Å². The van der Waals surface area contributed by atoms with E-state index in [9.17, 15) is 9.59 Å². The fourth-order valence-corrected chi connectivity index (χ4v) is 3.98. The molecule has 4 rings (SSSR count). The first-order valence-corrected chi connectivity index (χ1v) is 10.8. The second kappa shape index (κ2) is 9.54. The van der Waals surface area contributed by atoms with Crippen molar-refractivity contribution in [3.05, 3.63) is 70.2 Å². The second-order valence-corrected chi connectivity index (χ2v) is 8.21. The summed E-state index contributed by atoms with van der Waals surface area (Å²) in [4.78, 5) is 30.8. The van der Waals surface area contributed by atoms with Gasteiger partial charge in [0.25, 0.3) is 5.91 Å². The zero-order chi connectivity index (χ0) is 21.8. The lowest BCUT2D eigenvalue weighted by Gasteiger charge is -2.15. The van der Waals surface area contributed by atoms with Crippen LogP contribution in [0.2, 0.25) is 10.0 Å². The Morgan fingerprint density at radius 3 is 2.52 bits per heavy atom. The maximum Gasteiger partial charge on any atom is 0.253 e. The standard InChI is InChI=1S/C23H21Cl2N3O3/c24-16-5-8-18(19(25)13-16)20-14-26-22(31-20)10-9-21(29)27-17-6-3-15(4-7-17)23(30)28-11-1-2-12-28/h3-8,13-14H,1-2,9-12H2,(H,27,29). The van der Waals surface area contributed by atoms with Gasteiger partial charge in [0.2, 0.25) is 5.91 Å². The molecule has 1 saturated heterocycles. The van der Waals surface area contributed by atoms with Gasteiger partial charge in [0.15, 0.2) is 11.7 Å².